The minimum absolute atomic E-state index is 0.125. The molecule has 2 N–H and O–H groups in total. The fraction of sp³-hybridized carbons (Fsp3) is 0.304. The zero-order valence-corrected chi connectivity index (χ0v) is 20.0. The second-order valence-corrected chi connectivity index (χ2v) is 9.62. The van der Waals surface area contributed by atoms with Crippen molar-refractivity contribution in [3.8, 4) is 11.5 Å². The van der Waals surface area contributed by atoms with Crippen LogP contribution >= 0.6 is 0 Å². The molecule has 0 radical (unpaired) electrons. The van der Waals surface area contributed by atoms with E-state index < -0.39 is 28.9 Å². The number of carbonyl (C=O) groups is 1. The molecule has 9 nitrogen and oxygen atoms in total. The zero-order chi connectivity index (χ0) is 25.8. The molecule has 0 spiro atoms. The van der Waals surface area contributed by atoms with Gasteiger partial charge in [0, 0.05) is 76.7 Å². The van der Waals surface area contributed by atoms with Gasteiger partial charge in [-0.05, 0) is 30.3 Å². The summed E-state index contributed by atoms with van der Waals surface area (Å²) in [4.78, 5) is 16.5. The lowest BCUT2D eigenvalue weighted by Gasteiger charge is -2.33. The number of anilines is 2. The van der Waals surface area contributed by atoms with E-state index in [1.165, 1.54) is 23.2 Å². The van der Waals surface area contributed by atoms with Crippen LogP contribution in [0.4, 0.5) is 29.3 Å². The van der Waals surface area contributed by atoms with Crippen molar-refractivity contribution in [2.45, 2.75) is 13.0 Å². The average Bonchev–Trinajstić information content (AvgIpc) is 3.38. The van der Waals surface area contributed by atoms with Gasteiger partial charge in [0.25, 0.3) is 5.89 Å². The second-order valence-electron chi connectivity index (χ2n) is 7.92. The molecule has 2 amide bonds. The van der Waals surface area contributed by atoms with Crippen molar-refractivity contribution in [2.24, 2.45) is 0 Å². The number of hydrogen-bond donors (Lipinski definition) is 2. The van der Waals surface area contributed by atoms with Crippen LogP contribution in [0.15, 0.2) is 40.8 Å². The van der Waals surface area contributed by atoms with Crippen molar-refractivity contribution in [3.63, 3.8) is 0 Å². The molecule has 36 heavy (non-hydrogen) atoms. The van der Waals surface area contributed by atoms with E-state index in [9.17, 15) is 17.8 Å². The Morgan fingerprint density at radius 2 is 2.00 bits per heavy atom. The van der Waals surface area contributed by atoms with E-state index in [0.29, 0.717) is 41.5 Å². The normalized spacial score (nSPS) is 14.2. The molecule has 0 saturated carbocycles. The van der Waals surface area contributed by atoms with Crippen molar-refractivity contribution >= 4 is 34.4 Å². The highest BCUT2D eigenvalue weighted by molar-refractivity contribution is 7.85. The van der Waals surface area contributed by atoms with E-state index in [2.05, 4.69) is 15.5 Å². The van der Waals surface area contributed by atoms with Crippen LogP contribution in [0.2, 0.25) is 0 Å². The number of benzene rings is 2. The Labute approximate surface area is 207 Å². The Hall–Kier alpha value is -3.74. The third-order valence-corrected chi connectivity index (χ3v) is 6.98. The number of aromatic nitrogens is 2. The number of nitrogens with one attached hydrogen (secondary N) is 2. The van der Waals surface area contributed by atoms with Crippen LogP contribution in [-0.2, 0) is 17.3 Å². The predicted octanol–water partition coefficient (Wildman–Crippen LogP) is 4.04. The Kier molecular flexibility index (Phi) is 7.67. The summed E-state index contributed by atoms with van der Waals surface area (Å²) in [5, 5.41) is 17.3. The van der Waals surface area contributed by atoms with Gasteiger partial charge in [0.05, 0.1) is 6.54 Å². The lowest BCUT2D eigenvalue weighted by Crippen LogP contribution is -2.48. The van der Waals surface area contributed by atoms with Crippen molar-refractivity contribution in [1.29, 1.82) is 5.41 Å². The van der Waals surface area contributed by atoms with Gasteiger partial charge in [0.2, 0.25) is 5.89 Å². The van der Waals surface area contributed by atoms with Gasteiger partial charge in [0.15, 0.2) is 0 Å². The molecule has 4 rings (SSSR count). The van der Waals surface area contributed by atoms with E-state index in [0.717, 1.165) is 6.07 Å². The summed E-state index contributed by atoms with van der Waals surface area (Å²) in [6, 6.07) is 8.61. The molecule has 2 aromatic carbocycles. The first-order chi connectivity index (χ1) is 17.3. The Bertz CT molecular complexity index is 1290. The van der Waals surface area contributed by atoms with Gasteiger partial charge in [-0.1, -0.05) is 6.07 Å². The van der Waals surface area contributed by atoms with Crippen molar-refractivity contribution < 1.29 is 26.6 Å². The van der Waals surface area contributed by atoms with Gasteiger partial charge in [-0.25, -0.2) is 9.18 Å². The number of amides is 2. The minimum atomic E-state index is -2.94. The Morgan fingerprint density at radius 3 is 2.61 bits per heavy atom. The van der Waals surface area contributed by atoms with E-state index in [4.69, 9.17) is 9.83 Å². The molecule has 0 bridgehead atoms. The molecule has 0 unspecified atom stereocenters. The molecule has 0 aliphatic carbocycles. The van der Waals surface area contributed by atoms with E-state index in [-0.39, 0.29) is 29.6 Å². The number of nitrogens with zero attached hydrogens (tertiary/aromatic N) is 4. The van der Waals surface area contributed by atoms with Crippen molar-refractivity contribution in [1.82, 2.24) is 15.1 Å². The van der Waals surface area contributed by atoms with Crippen LogP contribution in [0.1, 0.15) is 23.4 Å². The monoisotopic (exact) mass is 520 g/mol. The number of rotatable bonds is 7. The molecule has 1 aromatic heterocycles. The van der Waals surface area contributed by atoms with Gasteiger partial charge in [-0.3, -0.25) is 9.11 Å². The van der Waals surface area contributed by atoms with Crippen LogP contribution in [0.5, 0.6) is 0 Å². The minimum Gasteiger partial charge on any atom is -0.415 e. The number of halogens is 3. The molecule has 3 aromatic rings. The molecule has 2 heterocycles. The topological polar surface area (TPSA) is 115 Å². The van der Waals surface area contributed by atoms with Crippen LogP contribution < -0.4 is 10.2 Å². The van der Waals surface area contributed by atoms with Crippen molar-refractivity contribution in [2.75, 3.05) is 41.9 Å². The first-order valence-corrected chi connectivity index (χ1v) is 12.4. The number of hydrogen-bond acceptors (Lipinski definition) is 7. The number of carbonyl (C=O) groups excluding carboxylic acids is 1. The molecule has 1 aliphatic rings. The largest absolute Gasteiger partial charge is 0.415 e. The highest BCUT2D eigenvalue weighted by atomic mass is 32.2. The van der Waals surface area contributed by atoms with Gasteiger partial charge < -0.3 is 20.0 Å². The summed E-state index contributed by atoms with van der Waals surface area (Å²) in [7, 11) is 0.705. The quantitative estimate of drug-likeness (QED) is 0.455. The lowest BCUT2D eigenvalue weighted by atomic mass is 10.1. The van der Waals surface area contributed by atoms with Crippen LogP contribution in [0.3, 0.4) is 0 Å². The van der Waals surface area contributed by atoms with Gasteiger partial charge in [-0.15, -0.1) is 10.2 Å². The third-order valence-electron chi connectivity index (χ3n) is 5.71. The fourth-order valence-corrected chi connectivity index (χ4v) is 4.79. The Morgan fingerprint density at radius 1 is 1.25 bits per heavy atom. The first kappa shape index (κ1) is 25.4. The smallest absolute Gasteiger partial charge is 0.324 e. The highest BCUT2D eigenvalue weighted by Gasteiger charge is 2.27. The van der Waals surface area contributed by atoms with E-state index >= 15 is 4.39 Å². The molecule has 1 fully saturated rings. The molecular weight excluding hydrogens is 497 g/mol. The first-order valence-electron chi connectivity index (χ1n) is 10.9. The summed E-state index contributed by atoms with van der Waals surface area (Å²) in [6.45, 7) is 0.485. The second kappa shape index (κ2) is 10.9. The van der Waals surface area contributed by atoms with Crippen molar-refractivity contribution in [3.05, 3.63) is 59.2 Å². The maximum absolute atomic E-state index is 15.1. The summed E-state index contributed by atoms with van der Waals surface area (Å²) in [6.07, 6.45) is -1.76. The summed E-state index contributed by atoms with van der Waals surface area (Å²) < 4.78 is 57.3. The van der Waals surface area contributed by atoms with Crippen LogP contribution in [-0.4, -0.2) is 63.2 Å². The maximum Gasteiger partial charge on any atom is 0.324 e. The molecule has 13 heteroatoms. The molecule has 0 atom stereocenters. The number of alkyl halides is 2. The van der Waals surface area contributed by atoms with E-state index in [1.54, 1.807) is 30.1 Å². The molecule has 190 valence electrons. The van der Waals surface area contributed by atoms with Gasteiger partial charge in [0.1, 0.15) is 5.82 Å². The summed E-state index contributed by atoms with van der Waals surface area (Å²) in [5.74, 6) is -1.07. The molecule has 1 aliphatic heterocycles. The lowest BCUT2D eigenvalue weighted by molar-refractivity contribution is 0.116. The van der Waals surface area contributed by atoms with Crippen LogP contribution in [0, 0.1) is 11.2 Å². The standard InChI is InChI=1S/C23H23F3N6O3S/c1-28-19-11-17(5-4-15(19)12-27)32(23(33)31-6-8-36(34)9-7-31)13-16-3-2-14(10-18(16)24)21-29-30-22(35-21)20(25)26/h2-5,10-12,20,27-28H,6-9,13H2,1H3. The molecule has 1 saturated heterocycles. The third kappa shape index (κ3) is 5.40. The van der Waals surface area contributed by atoms with Gasteiger partial charge in [-0.2, -0.15) is 8.78 Å². The average molecular weight is 521 g/mol. The summed E-state index contributed by atoms with van der Waals surface area (Å²) >= 11 is 0. The molecular formula is C23H23F3N6O3S. The van der Waals surface area contributed by atoms with Gasteiger partial charge >= 0.3 is 12.5 Å². The number of urea groups is 1. The highest BCUT2D eigenvalue weighted by Crippen LogP contribution is 2.28. The Balaban J connectivity index is 1.66. The zero-order valence-electron chi connectivity index (χ0n) is 19.2. The maximum atomic E-state index is 15.1. The predicted molar refractivity (Wildman–Crippen MR) is 130 cm³/mol. The summed E-state index contributed by atoms with van der Waals surface area (Å²) in [5.41, 5.74) is 1.99. The SMILES string of the molecule is CNc1cc(N(Cc2ccc(-c3nnc(C(F)F)o3)cc2F)C(=O)N2CCS(=O)CC2)ccc1C=N. The van der Waals surface area contributed by atoms with Crippen LogP contribution in [0.25, 0.3) is 11.5 Å². The fourth-order valence-electron chi connectivity index (χ4n) is 3.74. The van der Waals surface area contributed by atoms with E-state index in [1.807, 2.05) is 0 Å².